The molecule has 0 bridgehead atoms. The highest BCUT2D eigenvalue weighted by Crippen LogP contribution is 2.28. The summed E-state index contributed by atoms with van der Waals surface area (Å²) in [4.78, 5) is 22.8. The van der Waals surface area contributed by atoms with E-state index < -0.39 is 0 Å². The van der Waals surface area contributed by atoms with Crippen molar-refractivity contribution < 1.29 is 0 Å². The molecule has 7 heteroatoms. The van der Waals surface area contributed by atoms with Crippen LogP contribution in [0.1, 0.15) is 10.4 Å². The Bertz CT molecular complexity index is 892. The van der Waals surface area contributed by atoms with Crippen LogP contribution in [0.5, 0.6) is 0 Å². The summed E-state index contributed by atoms with van der Waals surface area (Å²) in [5.74, 6) is 1.53. The van der Waals surface area contributed by atoms with Gasteiger partial charge in [-0.15, -0.1) is 34.7 Å². The molecular formula is C17H17ClN2OS3. The predicted octanol–water partition coefficient (Wildman–Crippen LogP) is 5.09. The van der Waals surface area contributed by atoms with Gasteiger partial charge in [0.15, 0.2) is 5.16 Å². The molecule has 0 aliphatic carbocycles. The van der Waals surface area contributed by atoms with Crippen molar-refractivity contribution in [1.82, 2.24) is 9.97 Å². The summed E-state index contributed by atoms with van der Waals surface area (Å²) in [6.45, 7) is 3.98. The fourth-order valence-electron chi connectivity index (χ4n) is 2.22. The molecule has 3 rings (SSSR count). The van der Waals surface area contributed by atoms with Crippen molar-refractivity contribution in [1.29, 1.82) is 0 Å². The van der Waals surface area contributed by atoms with Gasteiger partial charge in [0.05, 0.1) is 10.8 Å². The number of aromatic nitrogens is 2. The topological polar surface area (TPSA) is 45.8 Å². The molecule has 1 N–H and O–H groups in total. The van der Waals surface area contributed by atoms with E-state index in [1.165, 1.54) is 16.7 Å². The molecule has 2 heterocycles. The van der Waals surface area contributed by atoms with Crippen LogP contribution in [-0.4, -0.2) is 26.9 Å². The number of thiophene rings is 1. The quantitative estimate of drug-likeness (QED) is 0.358. The second-order valence-corrected chi connectivity index (χ2v) is 9.29. The summed E-state index contributed by atoms with van der Waals surface area (Å²) in [7, 11) is 0. The number of hydrogen-bond acceptors (Lipinski definition) is 5. The summed E-state index contributed by atoms with van der Waals surface area (Å²) in [6.07, 6.45) is 0. The minimum absolute atomic E-state index is 0.00742. The zero-order chi connectivity index (χ0) is 17.1. The number of thioether (sulfide) groups is 2. The fraction of sp³-hybridized carbons (Fsp3) is 0.294. The van der Waals surface area contributed by atoms with Gasteiger partial charge in [-0.1, -0.05) is 30.0 Å². The minimum atomic E-state index is -0.0610. The van der Waals surface area contributed by atoms with Gasteiger partial charge in [-0.05, 0) is 31.5 Å². The van der Waals surface area contributed by atoms with Crippen LogP contribution in [-0.2, 0) is 0 Å². The molecule has 24 heavy (non-hydrogen) atoms. The normalized spacial score (nSPS) is 12.6. The lowest BCUT2D eigenvalue weighted by Gasteiger charge is -2.08. The number of hydrogen-bond donors (Lipinski definition) is 1. The Morgan fingerprint density at radius 3 is 2.67 bits per heavy atom. The highest BCUT2D eigenvalue weighted by Gasteiger charge is 2.13. The Kier molecular flexibility index (Phi) is 5.92. The standard InChI is InChI=1S/C17H17ClN2OS3/c1-10-11(2)24-16-14(10)15(21)19-17(20-16)23-9-12(18)8-22-13-6-4-3-5-7-13/h3-7,12H,8-9H2,1-2H3,(H,19,20,21). The molecule has 0 spiro atoms. The maximum Gasteiger partial charge on any atom is 0.260 e. The first-order valence-electron chi connectivity index (χ1n) is 7.49. The van der Waals surface area contributed by atoms with Gasteiger partial charge in [0.25, 0.3) is 5.56 Å². The number of halogens is 1. The molecule has 0 saturated heterocycles. The van der Waals surface area contributed by atoms with Gasteiger partial charge in [-0.25, -0.2) is 4.98 Å². The van der Waals surface area contributed by atoms with Crippen molar-refractivity contribution in [3.05, 3.63) is 51.1 Å². The Morgan fingerprint density at radius 1 is 1.21 bits per heavy atom. The van der Waals surface area contributed by atoms with E-state index in [0.717, 1.165) is 21.0 Å². The molecule has 0 radical (unpaired) electrons. The SMILES string of the molecule is Cc1sc2nc(SCC(Cl)CSc3ccccc3)[nH]c(=O)c2c1C. The molecule has 1 atom stereocenters. The number of nitrogens with zero attached hydrogens (tertiary/aromatic N) is 1. The van der Waals surface area contributed by atoms with Crippen molar-refractivity contribution >= 4 is 56.7 Å². The second-order valence-electron chi connectivity index (χ2n) is 5.37. The molecule has 1 aromatic carbocycles. The summed E-state index contributed by atoms with van der Waals surface area (Å²) in [6, 6.07) is 10.2. The summed E-state index contributed by atoms with van der Waals surface area (Å²) in [5, 5.41) is 1.36. The molecule has 2 aromatic heterocycles. The van der Waals surface area contributed by atoms with E-state index in [-0.39, 0.29) is 10.9 Å². The first-order chi connectivity index (χ1) is 11.5. The van der Waals surface area contributed by atoms with E-state index >= 15 is 0 Å². The van der Waals surface area contributed by atoms with E-state index in [9.17, 15) is 4.79 Å². The lowest BCUT2D eigenvalue weighted by Crippen LogP contribution is -2.11. The molecule has 0 amide bonds. The van der Waals surface area contributed by atoms with Crippen LogP contribution < -0.4 is 5.56 Å². The molecule has 3 nitrogen and oxygen atoms in total. The maximum atomic E-state index is 12.2. The highest BCUT2D eigenvalue weighted by atomic mass is 35.5. The Balaban J connectivity index is 1.62. The number of rotatable bonds is 6. The Morgan fingerprint density at radius 2 is 1.92 bits per heavy atom. The van der Waals surface area contributed by atoms with Crippen molar-refractivity contribution in [3.63, 3.8) is 0 Å². The molecule has 0 aliphatic rings. The van der Waals surface area contributed by atoms with Crippen LogP contribution in [0.2, 0.25) is 0 Å². The first-order valence-corrected chi connectivity index (χ1v) is 10.7. The van der Waals surface area contributed by atoms with Crippen LogP contribution in [0.4, 0.5) is 0 Å². The van der Waals surface area contributed by atoms with Gasteiger partial charge < -0.3 is 4.98 Å². The Hall–Kier alpha value is -0.950. The number of benzene rings is 1. The third-order valence-corrected chi connectivity index (χ3v) is 7.58. The van der Waals surface area contributed by atoms with Gasteiger partial charge >= 0.3 is 0 Å². The van der Waals surface area contributed by atoms with E-state index in [4.69, 9.17) is 11.6 Å². The number of nitrogens with one attached hydrogen (secondary N) is 1. The smallest absolute Gasteiger partial charge is 0.260 e. The monoisotopic (exact) mass is 396 g/mol. The largest absolute Gasteiger partial charge is 0.301 e. The zero-order valence-electron chi connectivity index (χ0n) is 13.3. The first kappa shape index (κ1) is 17.9. The molecule has 0 aliphatic heterocycles. The number of H-pyrrole nitrogens is 1. The molecular weight excluding hydrogens is 380 g/mol. The summed E-state index contributed by atoms with van der Waals surface area (Å²) >= 11 is 11.2. The van der Waals surface area contributed by atoms with Crippen LogP contribution >= 0.6 is 46.5 Å². The van der Waals surface area contributed by atoms with Crippen molar-refractivity contribution in [2.45, 2.75) is 29.3 Å². The number of fused-ring (bicyclic) bond motifs is 1. The third kappa shape index (κ3) is 4.17. The van der Waals surface area contributed by atoms with Crippen LogP contribution in [0, 0.1) is 13.8 Å². The van der Waals surface area contributed by atoms with E-state index in [0.29, 0.717) is 16.3 Å². The lowest BCUT2D eigenvalue weighted by molar-refractivity contribution is 0.974. The third-order valence-electron chi connectivity index (χ3n) is 3.59. The van der Waals surface area contributed by atoms with Crippen LogP contribution in [0.15, 0.2) is 45.2 Å². The van der Waals surface area contributed by atoms with E-state index in [1.807, 2.05) is 32.0 Å². The molecule has 126 valence electrons. The predicted molar refractivity (Wildman–Crippen MR) is 107 cm³/mol. The molecule has 0 fully saturated rings. The maximum absolute atomic E-state index is 12.2. The van der Waals surface area contributed by atoms with Gasteiger partial charge in [0, 0.05) is 21.3 Å². The average Bonchev–Trinajstić information content (AvgIpc) is 2.86. The number of aromatic amines is 1. The van der Waals surface area contributed by atoms with E-state index in [1.54, 1.807) is 23.1 Å². The van der Waals surface area contributed by atoms with Crippen LogP contribution in [0.3, 0.4) is 0 Å². The summed E-state index contributed by atoms with van der Waals surface area (Å²) < 4.78 is 0. The lowest BCUT2D eigenvalue weighted by atomic mass is 10.2. The minimum Gasteiger partial charge on any atom is -0.301 e. The Labute approximate surface area is 158 Å². The highest BCUT2D eigenvalue weighted by molar-refractivity contribution is 8.00. The van der Waals surface area contributed by atoms with Gasteiger partial charge in [0.2, 0.25) is 0 Å². The number of alkyl halides is 1. The zero-order valence-corrected chi connectivity index (χ0v) is 16.5. The van der Waals surface area contributed by atoms with Crippen molar-refractivity contribution in [3.8, 4) is 0 Å². The van der Waals surface area contributed by atoms with Gasteiger partial charge in [-0.2, -0.15) is 0 Å². The fourth-order valence-corrected chi connectivity index (χ4v) is 5.46. The van der Waals surface area contributed by atoms with E-state index in [2.05, 4.69) is 22.1 Å². The van der Waals surface area contributed by atoms with Crippen molar-refractivity contribution in [2.24, 2.45) is 0 Å². The molecule has 3 aromatic rings. The summed E-state index contributed by atoms with van der Waals surface area (Å²) in [5.41, 5.74) is 0.962. The van der Waals surface area contributed by atoms with Crippen LogP contribution in [0.25, 0.3) is 10.2 Å². The second kappa shape index (κ2) is 7.95. The molecule has 0 saturated carbocycles. The van der Waals surface area contributed by atoms with Gasteiger partial charge in [0.1, 0.15) is 4.83 Å². The molecule has 1 unspecified atom stereocenters. The number of aryl methyl sites for hydroxylation is 2. The van der Waals surface area contributed by atoms with Crippen molar-refractivity contribution in [2.75, 3.05) is 11.5 Å². The average molecular weight is 397 g/mol. The van der Waals surface area contributed by atoms with Gasteiger partial charge in [-0.3, -0.25) is 4.79 Å².